The molecular weight excluding hydrogens is 208 g/mol. The molecule has 17 heavy (non-hydrogen) atoms. The third kappa shape index (κ3) is 7.14. The Labute approximate surface area is 106 Å². The average molecular weight is 234 g/mol. The molecule has 0 aliphatic heterocycles. The van der Waals surface area contributed by atoms with Crippen LogP contribution < -0.4 is 11.1 Å². The normalized spacial score (nSPS) is 12.6. The molecule has 0 aliphatic rings. The molecule has 0 fully saturated rings. The number of rotatable bonds is 9. The second kappa shape index (κ2) is 9.20. The molecule has 1 rings (SSSR count). The predicted molar refractivity (Wildman–Crippen MR) is 74.6 cm³/mol. The SMILES string of the molecule is CCCCCCCC(N)NCc1ccccc1. The lowest BCUT2D eigenvalue weighted by atomic mass is 10.1. The molecule has 0 bridgehead atoms. The first-order valence-electron chi connectivity index (χ1n) is 6.86. The van der Waals surface area contributed by atoms with Gasteiger partial charge in [-0.2, -0.15) is 0 Å². The number of nitrogens with one attached hydrogen (secondary N) is 1. The van der Waals surface area contributed by atoms with E-state index in [4.69, 9.17) is 5.73 Å². The maximum absolute atomic E-state index is 6.03. The van der Waals surface area contributed by atoms with Crippen LogP contribution in [-0.2, 0) is 6.54 Å². The summed E-state index contributed by atoms with van der Waals surface area (Å²) in [7, 11) is 0. The van der Waals surface area contributed by atoms with Gasteiger partial charge in [0.05, 0.1) is 6.17 Å². The largest absolute Gasteiger partial charge is 0.316 e. The highest BCUT2D eigenvalue weighted by Crippen LogP contribution is 2.06. The van der Waals surface area contributed by atoms with Crippen molar-refractivity contribution >= 4 is 0 Å². The second-order valence-electron chi connectivity index (χ2n) is 4.68. The van der Waals surface area contributed by atoms with Crippen LogP contribution in [0.1, 0.15) is 51.0 Å². The molecule has 3 N–H and O–H groups in total. The van der Waals surface area contributed by atoms with Crippen LogP contribution in [0.2, 0.25) is 0 Å². The topological polar surface area (TPSA) is 38.0 Å². The Morgan fingerprint density at radius 1 is 1.06 bits per heavy atom. The Kier molecular flexibility index (Phi) is 7.69. The van der Waals surface area contributed by atoms with Crippen LogP contribution in [0.5, 0.6) is 0 Å². The van der Waals surface area contributed by atoms with Gasteiger partial charge < -0.3 is 5.73 Å². The Hall–Kier alpha value is -0.860. The number of hydrogen-bond acceptors (Lipinski definition) is 2. The summed E-state index contributed by atoms with van der Waals surface area (Å²) in [6, 6.07) is 10.4. The molecule has 1 atom stereocenters. The fourth-order valence-corrected chi connectivity index (χ4v) is 1.91. The van der Waals surface area contributed by atoms with Crippen LogP contribution in [0.3, 0.4) is 0 Å². The summed E-state index contributed by atoms with van der Waals surface area (Å²) in [5, 5.41) is 3.37. The zero-order valence-corrected chi connectivity index (χ0v) is 11.0. The van der Waals surface area contributed by atoms with E-state index in [2.05, 4.69) is 36.5 Å². The second-order valence-corrected chi connectivity index (χ2v) is 4.68. The van der Waals surface area contributed by atoms with E-state index >= 15 is 0 Å². The van der Waals surface area contributed by atoms with Crippen molar-refractivity contribution in [2.75, 3.05) is 0 Å². The van der Waals surface area contributed by atoms with Crippen molar-refractivity contribution in [1.82, 2.24) is 5.32 Å². The quantitative estimate of drug-likeness (QED) is 0.507. The molecule has 0 heterocycles. The van der Waals surface area contributed by atoms with Gasteiger partial charge in [-0.25, -0.2) is 0 Å². The molecule has 2 heteroatoms. The fourth-order valence-electron chi connectivity index (χ4n) is 1.91. The summed E-state index contributed by atoms with van der Waals surface area (Å²) in [6.07, 6.45) is 7.78. The summed E-state index contributed by atoms with van der Waals surface area (Å²) in [4.78, 5) is 0. The van der Waals surface area contributed by atoms with Crippen molar-refractivity contribution in [2.45, 2.75) is 58.2 Å². The fraction of sp³-hybridized carbons (Fsp3) is 0.600. The van der Waals surface area contributed by atoms with Crippen LogP contribution in [0, 0.1) is 0 Å². The molecule has 0 aliphatic carbocycles. The Morgan fingerprint density at radius 3 is 2.47 bits per heavy atom. The molecule has 0 aromatic heterocycles. The molecule has 0 saturated carbocycles. The lowest BCUT2D eigenvalue weighted by molar-refractivity contribution is 0.464. The van der Waals surface area contributed by atoms with Crippen molar-refractivity contribution in [1.29, 1.82) is 0 Å². The van der Waals surface area contributed by atoms with E-state index in [-0.39, 0.29) is 6.17 Å². The van der Waals surface area contributed by atoms with Crippen LogP contribution in [0.25, 0.3) is 0 Å². The third-order valence-electron chi connectivity index (χ3n) is 3.03. The Bertz CT molecular complexity index is 272. The highest BCUT2D eigenvalue weighted by atomic mass is 15.0. The van der Waals surface area contributed by atoms with Crippen molar-refractivity contribution in [3.05, 3.63) is 35.9 Å². The first-order chi connectivity index (χ1) is 8.33. The van der Waals surface area contributed by atoms with Gasteiger partial charge in [0.1, 0.15) is 0 Å². The Balaban J connectivity index is 2.03. The number of unbranched alkanes of at least 4 members (excludes halogenated alkanes) is 4. The highest BCUT2D eigenvalue weighted by Gasteiger charge is 2.01. The van der Waals surface area contributed by atoms with Gasteiger partial charge in [0.2, 0.25) is 0 Å². The van der Waals surface area contributed by atoms with Crippen molar-refractivity contribution in [2.24, 2.45) is 5.73 Å². The maximum Gasteiger partial charge on any atom is 0.0548 e. The lowest BCUT2D eigenvalue weighted by Crippen LogP contribution is -2.36. The maximum atomic E-state index is 6.03. The van der Waals surface area contributed by atoms with Gasteiger partial charge in [0.25, 0.3) is 0 Å². The van der Waals surface area contributed by atoms with Gasteiger partial charge >= 0.3 is 0 Å². The van der Waals surface area contributed by atoms with E-state index in [1.807, 2.05) is 6.07 Å². The number of nitrogens with two attached hydrogens (primary N) is 1. The molecule has 0 saturated heterocycles. The standard InChI is InChI=1S/C15H26N2/c1-2-3-4-5-9-12-15(16)17-13-14-10-7-6-8-11-14/h6-8,10-11,15,17H,2-5,9,12-13,16H2,1H3. The predicted octanol–water partition coefficient (Wildman–Crippen LogP) is 3.42. The number of benzene rings is 1. The molecule has 1 aromatic rings. The van der Waals surface area contributed by atoms with E-state index in [1.165, 1.54) is 37.7 Å². The minimum atomic E-state index is 0.136. The van der Waals surface area contributed by atoms with Gasteiger partial charge in [0, 0.05) is 6.54 Å². The minimum Gasteiger partial charge on any atom is -0.316 e. The molecular formula is C15H26N2. The van der Waals surface area contributed by atoms with Gasteiger partial charge in [-0.05, 0) is 12.0 Å². The Morgan fingerprint density at radius 2 is 1.76 bits per heavy atom. The van der Waals surface area contributed by atoms with E-state index in [9.17, 15) is 0 Å². The smallest absolute Gasteiger partial charge is 0.0548 e. The molecule has 2 nitrogen and oxygen atoms in total. The monoisotopic (exact) mass is 234 g/mol. The van der Waals surface area contributed by atoms with Crippen LogP contribution in [-0.4, -0.2) is 6.17 Å². The van der Waals surface area contributed by atoms with E-state index in [0.717, 1.165) is 13.0 Å². The molecule has 0 radical (unpaired) electrons. The van der Waals surface area contributed by atoms with Crippen molar-refractivity contribution in [3.63, 3.8) is 0 Å². The van der Waals surface area contributed by atoms with Crippen molar-refractivity contribution < 1.29 is 0 Å². The van der Waals surface area contributed by atoms with E-state index in [1.54, 1.807) is 0 Å². The average Bonchev–Trinajstić information content (AvgIpc) is 2.37. The zero-order valence-electron chi connectivity index (χ0n) is 11.0. The summed E-state index contributed by atoms with van der Waals surface area (Å²) >= 11 is 0. The molecule has 0 spiro atoms. The molecule has 0 amide bonds. The van der Waals surface area contributed by atoms with Crippen LogP contribution in [0.15, 0.2) is 30.3 Å². The van der Waals surface area contributed by atoms with Crippen molar-refractivity contribution in [3.8, 4) is 0 Å². The van der Waals surface area contributed by atoms with Crippen LogP contribution in [0.4, 0.5) is 0 Å². The summed E-state index contributed by atoms with van der Waals surface area (Å²) in [6.45, 7) is 3.12. The lowest BCUT2D eigenvalue weighted by Gasteiger charge is -2.13. The van der Waals surface area contributed by atoms with E-state index in [0.29, 0.717) is 0 Å². The van der Waals surface area contributed by atoms with Gasteiger partial charge in [-0.3, -0.25) is 5.32 Å². The number of hydrogen-bond donors (Lipinski definition) is 2. The summed E-state index contributed by atoms with van der Waals surface area (Å²) in [5.41, 5.74) is 7.33. The molecule has 96 valence electrons. The van der Waals surface area contributed by atoms with E-state index < -0.39 is 0 Å². The highest BCUT2D eigenvalue weighted by molar-refractivity contribution is 5.14. The van der Waals surface area contributed by atoms with Gasteiger partial charge in [-0.1, -0.05) is 69.4 Å². The summed E-state index contributed by atoms with van der Waals surface area (Å²) in [5.74, 6) is 0. The first kappa shape index (κ1) is 14.2. The van der Waals surface area contributed by atoms with Gasteiger partial charge in [0.15, 0.2) is 0 Å². The molecule has 1 unspecified atom stereocenters. The minimum absolute atomic E-state index is 0.136. The third-order valence-corrected chi connectivity index (χ3v) is 3.03. The summed E-state index contributed by atoms with van der Waals surface area (Å²) < 4.78 is 0. The zero-order chi connectivity index (χ0) is 12.3. The molecule has 1 aromatic carbocycles. The van der Waals surface area contributed by atoms with Crippen LogP contribution >= 0.6 is 0 Å². The van der Waals surface area contributed by atoms with Gasteiger partial charge in [-0.15, -0.1) is 0 Å². The first-order valence-corrected chi connectivity index (χ1v) is 6.86.